The van der Waals surface area contributed by atoms with Crippen LogP contribution >= 0.6 is 11.8 Å². The molecule has 0 radical (unpaired) electrons. The first kappa shape index (κ1) is 17.3. The Morgan fingerprint density at radius 1 is 1.20 bits per heavy atom. The van der Waals surface area contributed by atoms with Crippen LogP contribution in [-0.2, 0) is 11.4 Å². The number of carbonyl (C=O) groups excluding carboxylic acids is 1. The summed E-state index contributed by atoms with van der Waals surface area (Å²) in [6.07, 6.45) is 1.88. The highest BCUT2D eigenvalue weighted by atomic mass is 32.2. The SMILES string of the molecule is CN=C1S/C(=C\c2ccc(OCc3cccc(C)c3)cc2)C(=O)N1C. The normalized spacial score (nSPS) is 17.6. The number of benzene rings is 2. The van der Waals surface area contributed by atoms with E-state index in [4.69, 9.17) is 4.74 Å². The Labute approximate surface area is 152 Å². The lowest BCUT2D eigenvalue weighted by atomic mass is 10.1. The van der Waals surface area contributed by atoms with Gasteiger partial charge in [0.05, 0.1) is 4.91 Å². The van der Waals surface area contributed by atoms with Crippen LogP contribution in [0.15, 0.2) is 58.4 Å². The second-order valence-electron chi connectivity index (χ2n) is 5.83. The van der Waals surface area contributed by atoms with Crippen LogP contribution in [0.5, 0.6) is 5.75 Å². The Bertz CT molecular complexity index is 841. The van der Waals surface area contributed by atoms with Crippen LogP contribution in [0.1, 0.15) is 16.7 Å². The number of aliphatic imine (C=N–C) groups is 1. The fraction of sp³-hybridized carbons (Fsp3) is 0.200. The molecule has 0 N–H and O–H groups in total. The van der Waals surface area contributed by atoms with Gasteiger partial charge in [-0.05, 0) is 48.0 Å². The van der Waals surface area contributed by atoms with Gasteiger partial charge in [-0.2, -0.15) is 0 Å². The van der Waals surface area contributed by atoms with Gasteiger partial charge < -0.3 is 4.74 Å². The summed E-state index contributed by atoms with van der Waals surface area (Å²) in [5.41, 5.74) is 3.33. The Morgan fingerprint density at radius 2 is 1.96 bits per heavy atom. The molecule has 128 valence electrons. The number of amides is 1. The van der Waals surface area contributed by atoms with Crippen molar-refractivity contribution < 1.29 is 9.53 Å². The Morgan fingerprint density at radius 3 is 2.60 bits per heavy atom. The van der Waals surface area contributed by atoms with Crippen LogP contribution in [0.2, 0.25) is 0 Å². The maximum Gasteiger partial charge on any atom is 0.266 e. The number of hydrogen-bond donors (Lipinski definition) is 0. The number of amidine groups is 1. The van der Waals surface area contributed by atoms with Crippen LogP contribution in [0.25, 0.3) is 6.08 Å². The third-order valence-corrected chi connectivity index (χ3v) is 5.01. The van der Waals surface area contributed by atoms with Gasteiger partial charge in [0.25, 0.3) is 5.91 Å². The molecule has 25 heavy (non-hydrogen) atoms. The van der Waals surface area contributed by atoms with E-state index in [1.165, 1.54) is 17.3 Å². The Kier molecular flexibility index (Phi) is 5.24. The molecule has 1 aliphatic rings. The molecule has 5 heteroatoms. The van der Waals surface area contributed by atoms with E-state index in [9.17, 15) is 4.79 Å². The highest BCUT2D eigenvalue weighted by Gasteiger charge is 2.29. The van der Waals surface area contributed by atoms with Gasteiger partial charge in [0.2, 0.25) is 0 Å². The summed E-state index contributed by atoms with van der Waals surface area (Å²) in [6.45, 7) is 2.61. The smallest absolute Gasteiger partial charge is 0.266 e. The maximum absolute atomic E-state index is 12.2. The van der Waals surface area contributed by atoms with E-state index in [-0.39, 0.29) is 5.91 Å². The summed E-state index contributed by atoms with van der Waals surface area (Å²) in [6, 6.07) is 16.0. The first-order chi connectivity index (χ1) is 12.1. The standard InChI is InChI=1S/C20H20N2O2S/c1-14-5-4-6-16(11-14)13-24-17-9-7-15(8-10-17)12-18-19(23)22(3)20(21-2)25-18/h4-12H,13H2,1-3H3/b18-12-,21-20?. The molecular weight excluding hydrogens is 332 g/mol. The minimum atomic E-state index is -0.0228. The van der Waals surface area contributed by atoms with E-state index >= 15 is 0 Å². The fourth-order valence-corrected chi connectivity index (χ4v) is 3.46. The second kappa shape index (κ2) is 7.57. The fourth-order valence-electron chi connectivity index (χ4n) is 2.53. The van der Waals surface area contributed by atoms with E-state index in [1.54, 1.807) is 19.0 Å². The lowest BCUT2D eigenvalue weighted by molar-refractivity contribution is -0.121. The predicted octanol–water partition coefficient (Wildman–Crippen LogP) is 4.11. The highest BCUT2D eigenvalue weighted by Crippen LogP contribution is 2.31. The second-order valence-corrected chi connectivity index (χ2v) is 6.84. The van der Waals surface area contributed by atoms with Crippen molar-refractivity contribution in [2.45, 2.75) is 13.5 Å². The number of likely N-dealkylation sites (N-methyl/N-ethyl adjacent to an activating group) is 1. The van der Waals surface area contributed by atoms with Gasteiger partial charge in [-0.1, -0.05) is 42.0 Å². The lowest BCUT2D eigenvalue weighted by Crippen LogP contribution is -2.23. The minimum absolute atomic E-state index is 0.0228. The molecule has 3 rings (SSSR count). The van der Waals surface area contributed by atoms with Gasteiger partial charge in [-0.25, -0.2) is 0 Å². The van der Waals surface area contributed by atoms with Crippen LogP contribution < -0.4 is 4.74 Å². The summed E-state index contributed by atoms with van der Waals surface area (Å²) < 4.78 is 5.82. The van der Waals surface area contributed by atoms with Gasteiger partial charge in [0.1, 0.15) is 12.4 Å². The van der Waals surface area contributed by atoms with Crippen molar-refractivity contribution in [2.24, 2.45) is 4.99 Å². The highest BCUT2D eigenvalue weighted by molar-refractivity contribution is 8.18. The molecule has 2 aromatic carbocycles. The molecular formula is C20H20N2O2S. The molecule has 0 aromatic heterocycles. The third-order valence-electron chi connectivity index (χ3n) is 3.86. The summed E-state index contributed by atoms with van der Waals surface area (Å²) in [5, 5.41) is 0.717. The zero-order valence-electron chi connectivity index (χ0n) is 14.5. The van der Waals surface area contributed by atoms with Crippen molar-refractivity contribution in [2.75, 3.05) is 14.1 Å². The molecule has 4 nitrogen and oxygen atoms in total. The molecule has 0 spiro atoms. The van der Waals surface area contributed by atoms with Crippen LogP contribution in [0, 0.1) is 6.92 Å². The van der Waals surface area contributed by atoms with E-state index in [0.29, 0.717) is 16.7 Å². The van der Waals surface area contributed by atoms with Gasteiger partial charge >= 0.3 is 0 Å². The van der Waals surface area contributed by atoms with E-state index < -0.39 is 0 Å². The molecule has 2 aromatic rings. The van der Waals surface area contributed by atoms with E-state index in [1.807, 2.05) is 36.4 Å². The van der Waals surface area contributed by atoms with Crippen molar-refractivity contribution in [1.82, 2.24) is 4.90 Å². The topological polar surface area (TPSA) is 41.9 Å². The number of aryl methyl sites for hydroxylation is 1. The zero-order chi connectivity index (χ0) is 17.8. The van der Waals surface area contributed by atoms with Crippen LogP contribution in [0.3, 0.4) is 0 Å². The van der Waals surface area contributed by atoms with Gasteiger partial charge in [0, 0.05) is 14.1 Å². The molecule has 0 aliphatic carbocycles. The number of ether oxygens (including phenoxy) is 1. The molecule has 1 amide bonds. The van der Waals surface area contributed by atoms with Crippen molar-refractivity contribution in [3.63, 3.8) is 0 Å². The average Bonchev–Trinajstić information content (AvgIpc) is 2.89. The number of hydrogen-bond acceptors (Lipinski definition) is 4. The number of carbonyl (C=O) groups is 1. The van der Waals surface area contributed by atoms with Crippen molar-refractivity contribution in [3.8, 4) is 5.75 Å². The average molecular weight is 352 g/mol. The van der Waals surface area contributed by atoms with Crippen molar-refractivity contribution in [1.29, 1.82) is 0 Å². The summed E-state index contributed by atoms with van der Waals surface area (Å²) in [4.78, 5) is 18.5. The first-order valence-electron chi connectivity index (χ1n) is 7.99. The molecule has 1 heterocycles. The molecule has 1 saturated heterocycles. The van der Waals surface area contributed by atoms with Gasteiger partial charge in [0.15, 0.2) is 5.17 Å². The number of rotatable bonds is 4. The molecule has 0 atom stereocenters. The first-order valence-corrected chi connectivity index (χ1v) is 8.81. The molecule has 0 unspecified atom stereocenters. The van der Waals surface area contributed by atoms with Gasteiger partial charge in [-0.3, -0.25) is 14.7 Å². The molecule has 1 fully saturated rings. The van der Waals surface area contributed by atoms with Crippen molar-refractivity contribution in [3.05, 3.63) is 70.1 Å². The summed E-state index contributed by atoms with van der Waals surface area (Å²) in [5.74, 6) is 0.785. The number of thioether (sulfide) groups is 1. The maximum atomic E-state index is 12.2. The largest absolute Gasteiger partial charge is 0.489 e. The quantitative estimate of drug-likeness (QED) is 0.778. The summed E-state index contributed by atoms with van der Waals surface area (Å²) >= 11 is 1.39. The predicted molar refractivity (Wildman–Crippen MR) is 104 cm³/mol. The Balaban J connectivity index is 1.66. The number of nitrogens with zero attached hydrogens (tertiary/aromatic N) is 2. The Hall–Kier alpha value is -2.53. The van der Waals surface area contributed by atoms with Gasteiger partial charge in [-0.15, -0.1) is 0 Å². The molecule has 0 saturated carbocycles. The minimum Gasteiger partial charge on any atom is -0.489 e. The lowest BCUT2D eigenvalue weighted by Gasteiger charge is -2.07. The summed E-state index contributed by atoms with van der Waals surface area (Å²) in [7, 11) is 3.43. The third kappa shape index (κ3) is 4.12. The van der Waals surface area contributed by atoms with E-state index in [0.717, 1.165) is 16.9 Å². The van der Waals surface area contributed by atoms with Crippen LogP contribution in [-0.4, -0.2) is 30.1 Å². The monoisotopic (exact) mass is 352 g/mol. The molecule has 1 aliphatic heterocycles. The van der Waals surface area contributed by atoms with Crippen LogP contribution in [0.4, 0.5) is 0 Å². The van der Waals surface area contributed by atoms with Crippen molar-refractivity contribution >= 4 is 28.9 Å². The van der Waals surface area contributed by atoms with E-state index in [2.05, 4.69) is 30.1 Å². The zero-order valence-corrected chi connectivity index (χ0v) is 15.3. The molecule has 0 bridgehead atoms.